The first-order valence-electron chi connectivity index (χ1n) is 3.93. The molecular formula is C9H7Cl3N2O. The second-order valence-electron chi connectivity index (χ2n) is 2.89. The monoisotopic (exact) mass is 264 g/mol. The lowest BCUT2D eigenvalue weighted by molar-refractivity contribution is 0.107. The fraction of sp³-hybridized carbons (Fsp3) is 0.111. The average Bonchev–Trinajstić information content (AvgIpc) is 2.39. The Bertz CT molecular complexity index is 521. The molecule has 0 spiro atoms. The summed E-state index contributed by atoms with van der Waals surface area (Å²) >= 11 is 11.2. The maximum atomic E-state index is 11.1. The van der Waals surface area contributed by atoms with Gasteiger partial charge in [0, 0.05) is 17.3 Å². The second kappa shape index (κ2) is 4.39. The number of carbonyl (C=O) groups excluding carboxylic acids is 1. The van der Waals surface area contributed by atoms with Crippen LogP contribution in [0.15, 0.2) is 18.3 Å². The van der Waals surface area contributed by atoms with Crippen molar-refractivity contribution >= 4 is 46.5 Å². The summed E-state index contributed by atoms with van der Waals surface area (Å²) in [7, 11) is 0. The van der Waals surface area contributed by atoms with Gasteiger partial charge in [-0.3, -0.25) is 9.20 Å². The Morgan fingerprint density at radius 3 is 2.80 bits per heavy atom. The minimum absolute atomic E-state index is 0. The minimum atomic E-state index is -0.516. The van der Waals surface area contributed by atoms with Crippen molar-refractivity contribution in [2.75, 3.05) is 0 Å². The molecule has 80 valence electrons. The van der Waals surface area contributed by atoms with Gasteiger partial charge in [-0.25, -0.2) is 4.98 Å². The van der Waals surface area contributed by atoms with Crippen molar-refractivity contribution < 1.29 is 4.79 Å². The van der Waals surface area contributed by atoms with E-state index >= 15 is 0 Å². The number of hydrogen-bond acceptors (Lipinski definition) is 2. The highest BCUT2D eigenvalue weighted by molar-refractivity contribution is 6.67. The van der Waals surface area contributed by atoms with Crippen molar-refractivity contribution in [3.05, 3.63) is 34.7 Å². The summed E-state index contributed by atoms with van der Waals surface area (Å²) in [4.78, 5) is 15.3. The summed E-state index contributed by atoms with van der Waals surface area (Å²) in [6.45, 7) is 1.73. The predicted octanol–water partition coefficient (Wildman–Crippen LogP) is 3.10. The minimum Gasteiger partial charge on any atom is -0.296 e. The smallest absolute Gasteiger partial charge is 0.271 e. The number of halogens is 3. The van der Waals surface area contributed by atoms with Gasteiger partial charge in [0.2, 0.25) is 0 Å². The number of nitrogens with zero attached hydrogens (tertiary/aromatic N) is 2. The predicted molar refractivity (Wildman–Crippen MR) is 62.4 cm³/mol. The summed E-state index contributed by atoms with van der Waals surface area (Å²) in [5.41, 5.74) is 1.62. The van der Waals surface area contributed by atoms with Crippen LogP contribution < -0.4 is 0 Å². The van der Waals surface area contributed by atoms with E-state index in [2.05, 4.69) is 4.98 Å². The lowest BCUT2D eigenvalue weighted by atomic mass is 10.4. The first-order valence-corrected chi connectivity index (χ1v) is 4.69. The van der Waals surface area contributed by atoms with Crippen LogP contribution in [0.25, 0.3) is 5.65 Å². The van der Waals surface area contributed by atoms with Crippen LogP contribution in [0.4, 0.5) is 0 Å². The van der Waals surface area contributed by atoms with E-state index in [4.69, 9.17) is 23.2 Å². The Labute approximate surface area is 102 Å². The van der Waals surface area contributed by atoms with Crippen molar-refractivity contribution in [1.82, 2.24) is 9.38 Å². The molecule has 0 saturated carbocycles. The van der Waals surface area contributed by atoms with Gasteiger partial charge in [0.25, 0.3) is 5.24 Å². The summed E-state index contributed by atoms with van der Waals surface area (Å²) in [5, 5.41) is 0.0633. The summed E-state index contributed by atoms with van der Waals surface area (Å²) in [6, 6.07) is 3.36. The quantitative estimate of drug-likeness (QED) is 0.743. The molecule has 2 heterocycles. The molecule has 0 saturated heterocycles. The number of aromatic nitrogens is 2. The zero-order valence-corrected chi connectivity index (χ0v) is 10.0. The Kier molecular flexibility index (Phi) is 3.60. The Morgan fingerprint density at radius 1 is 1.53 bits per heavy atom. The summed E-state index contributed by atoms with van der Waals surface area (Å²) < 4.78 is 1.62. The first-order chi connectivity index (χ1) is 6.59. The maximum Gasteiger partial charge on any atom is 0.271 e. The van der Waals surface area contributed by atoms with E-state index in [1.807, 2.05) is 0 Å². The fourth-order valence-corrected chi connectivity index (χ4v) is 1.76. The van der Waals surface area contributed by atoms with Crippen molar-refractivity contribution in [2.24, 2.45) is 0 Å². The summed E-state index contributed by atoms with van der Waals surface area (Å²) in [5.74, 6) is 0. The Hall–Kier alpha value is -0.770. The second-order valence-corrected chi connectivity index (χ2v) is 3.67. The fourth-order valence-electron chi connectivity index (χ4n) is 1.37. The van der Waals surface area contributed by atoms with Crippen LogP contribution in [-0.4, -0.2) is 14.6 Å². The van der Waals surface area contributed by atoms with Crippen LogP contribution >= 0.6 is 35.6 Å². The highest BCUT2D eigenvalue weighted by atomic mass is 35.5. The van der Waals surface area contributed by atoms with Crippen LogP contribution in [-0.2, 0) is 0 Å². The first kappa shape index (κ1) is 12.3. The maximum absolute atomic E-state index is 11.1. The van der Waals surface area contributed by atoms with Gasteiger partial charge in [-0.15, -0.1) is 12.4 Å². The summed E-state index contributed by atoms with van der Waals surface area (Å²) in [6.07, 6.45) is 1.67. The van der Waals surface area contributed by atoms with E-state index in [0.717, 1.165) is 0 Å². The molecule has 0 aliphatic rings. The molecule has 6 heteroatoms. The van der Waals surface area contributed by atoms with E-state index in [1.165, 1.54) is 0 Å². The third-order valence-corrected chi connectivity index (χ3v) is 2.36. The van der Waals surface area contributed by atoms with Gasteiger partial charge in [0.15, 0.2) is 0 Å². The van der Waals surface area contributed by atoms with Gasteiger partial charge in [0.1, 0.15) is 11.3 Å². The van der Waals surface area contributed by atoms with Crippen LogP contribution in [0.1, 0.15) is 16.2 Å². The van der Waals surface area contributed by atoms with Crippen molar-refractivity contribution in [1.29, 1.82) is 0 Å². The molecule has 0 unspecified atom stereocenters. The van der Waals surface area contributed by atoms with E-state index in [1.54, 1.807) is 29.7 Å². The van der Waals surface area contributed by atoms with E-state index < -0.39 is 5.24 Å². The lowest BCUT2D eigenvalue weighted by Crippen LogP contribution is -1.97. The third kappa shape index (κ3) is 2.09. The number of pyridine rings is 1. The van der Waals surface area contributed by atoms with Crippen molar-refractivity contribution in [3.63, 3.8) is 0 Å². The molecule has 0 aliphatic heterocycles. The third-order valence-electron chi connectivity index (χ3n) is 1.95. The topological polar surface area (TPSA) is 34.4 Å². The Morgan fingerprint density at radius 2 is 2.20 bits per heavy atom. The van der Waals surface area contributed by atoms with Gasteiger partial charge in [-0.1, -0.05) is 11.6 Å². The molecule has 2 rings (SSSR count). The van der Waals surface area contributed by atoms with Crippen molar-refractivity contribution in [3.8, 4) is 0 Å². The van der Waals surface area contributed by atoms with E-state index in [0.29, 0.717) is 22.1 Å². The van der Waals surface area contributed by atoms with Crippen LogP contribution in [0.2, 0.25) is 5.02 Å². The molecule has 0 bridgehead atoms. The van der Waals surface area contributed by atoms with Crippen molar-refractivity contribution in [2.45, 2.75) is 6.92 Å². The van der Waals surface area contributed by atoms with Gasteiger partial charge >= 0.3 is 0 Å². The normalized spacial score (nSPS) is 10.1. The van der Waals surface area contributed by atoms with Gasteiger partial charge in [-0.2, -0.15) is 0 Å². The molecule has 0 amide bonds. The lowest BCUT2D eigenvalue weighted by Gasteiger charge is -1.96. The van der Waals surface area contributed by atoms with Gasteiger partial charge < -0.3 is 0 Å². The van der Waals surface area contributed by atoms with Gasteiger partial charge in [-0.05, 0) is 24.6 Å². The SMILES string of the molecule is Cc1nc2cc(Cl)ccn2c1C(=O)Cl.Cl. The highest BCUT2D eigenvalue weighted by Gasteiger charge is 2.13. The average molecular weight is 266 g/mol. The number of imidazole rings is 1. The molecule has 0 aromatic carbocycles. The molecule has 2 aromatic heterocycles. The zero-order valence-electron chi connectivity index (χ0n) is 7.70. The molecule has 0 aliphatic carbocycles. The number of carbonyl (C=O) groups is 1. The standard InChI is InChI=1S/C9H6Cl2N2O.ClH/c1-5-8(9(11)14)13-3-2-6(10)4-7(13)12-5;/h2-4H,1H3;1H. The zero-order chi connectivity index (χ0) is 10.3. The van der Waals surface area contributed by atoms with E-state index in [9.17, 15) is 4.79 Å². The van der Waals surface area contributed by atoms with Crippen LogP contribution in [0.5, 0.6) is 0 Å². The van der Waals surface area contributed by atoms with E-state index in [-0.39, 0.29) is 12.4 Å². The number of fused-ring (bicyclic) bond motifs is 1. The molecule has 3 nitrogen and oxygen atoms in total. The number of hydrogen-bond donors (Lipinski definition) is 0. The number of aryl methyl sites for hydroxylation is 1. The van der Waals surface area contributed by atoms with Crippen LogP contribution in [0, 0.1) is 6.92 Å². The van der Waals surface area contributed by atoms with Crippen LogP contribution in [0.3, 0.4) is 0 Å². The number of rotatable bonds is 1. The molecule has 0 fully saturated rings. The highest BCUT2D eigenvalue weighted by Crippen LogP contribution is 2.17. The molecule has 0 atom stereocenters. The molecular weight excluding hydrogens is 258 g/mol. The van der Waals surface area contributed by atoms with Gasteiger partial charge in [0.05, 0.1) is 5.69 Å². The Balaban J connectivity index is 0.00000112. The molecule has 0 radical (unpaired) electrons. The molecule has 2 aromatic rings. The largest absolute Gasteiger partial charge is 0.296 e. The molecule has 15 heavy (non-hydrogen) atoms. The molecule has 0 N–H and O–H groups in total.